The molecule has 0 bridgehead atoms. The van der Waals surface area contributed by atoms with Crippen molar-refractivity contribution in [2.45, 2.75) is 12.3 Å². The fourth-order valence-electron chi connectivity index (χ4n) is 1.02. The van der Waals surface area contributed by atoms with Crippen molar-refractivity contribution in [2.75, 3.05) is 0 Å². The van der Waals surface area contributed by atoms with Gasteiger partial charge in [0.05, 0.1) is 11.4 Å². The van der Waals surface area contributed by atoms with Crippen LogP contribution < -0.4 is 0 Å². The largest absolute Gasteiger partial charge is 0.477 e. The molecule has 0 amide bonds. The van der Waals surface area contributed by atoms with Gasteiger partial charge in [-0.25, -0.2) is 9.18 Å². The lowest BCUT2D eigenvalue weighted by molar-refractivity contribution is -0.164. The van der Waals surface area contributed by atoms with Gasteiger partial charge in [0.15, 0.2) is 0 Å². The number of carbonyl (C=O) groups is 1. The number of carboxylic acids is 1. The average Bonchev–Trinajstić information content (AvgIpc) is 2.19. The van der Waals surface area contributed by atoms with Crippen LogP contribution in [0.2, 0.25) is 5.02 Å². The topological polar surface area (TPSA) is 37.3 Å². The second kappa shape index (κ2) is 4.63. The SMILES string of the molecule is O=C(O)C(F)(F)Cc1ccc(Br)c(Cl)c1F. The van der Waals surface area contributed by atoms with Gasteiger partial charge in [-0.1, -0.05) is 17.7 Å². The lowest BCUT2D eigenvalue weighted by Gasteiger charge is -2.12. The molecule has 0 fully saturated rings. The van der Waals surface area contributed by atoms with Gasteiger partial charge in [0, 0.05) is 4.47 Å². The molecule has 2 nitrogen and oxygen atoms in total. The molecule has 1 aromatic carbocycles. The molecule has 0 aromatic heterocycles. The van der Waals surface area contributed by atoms with Gasteiger partial charge in [-0.05, 0) is 27.6 Å². The molecule has 1 N–H and O–H groups in total. The number of rotatable bonds is 3. The van der Waals surface area contributed by atoms with Gasteiger partial charge >= 0.3 is 11.9 Å². The summed E-state index contributed by atoms with van der Waals surface area (Å²) in [6, 6.07) is 2.33. The molecule has 1 rings (SSSR count). The Balaban J connectivity index is 3.08. The van der Waals surface area contributed by atoms with Crippen molar-refractivity contribution in [1.29, 1.82) is 0 Å². The van der Waals surface area contributed by atoms with E-state index in [2.05, 4.69) is 15.9 Å². The van der Waals surface area contributed by atoms with Crippen LogP contribution in [0.25, 0.3) is 0 Å². The third-order valence-electron chi connectivity index (χ3n) is 1.84. The number of benzene rings is 1. The zero-order valence-corrected chi connectivity index (χ0v) is 9.95. The van der Waals surface area contributed by atoms with Crippen LogP contribution in [0.15, 0.2) is 16.6 Å². The first-order valence-electron chi connectivity index (χ1n) is 3.99. The van der Waals surface area contributed by atoms with Crippen molar-refractivity contribution in [3.8, 4) is 0 Å². The quantitative estimate of drug-likeness (QED) is 0.866. The molecule has 0 heterocycles. The monoisotopic (exact) mass is 316 g/mol. The van der Waals surface area contributed by atoms with E-state index < -0.39 is 29.7 Å². The first-order chi connectivity index (χ1) is 7.25. The van der Waals surface area contributed by atoms with E-state index in [0.29, 0.717) is 0 Å². The second-order valence-electron chi connectivity index (χ2n) is 3.02. The van der Waals surface area contributed by atoms with E-state index in [4.69, 9.17) is 16.7 Å². The zero-order valence-electron chi connectivity index (χ0n) is 7.61. The van der Waals surface area contributed by atoms with E-state index >= 15 is 0 Å². The van der Waals surface area contributed by atoms with Crippen LogP contribution in [-0.2, 0) is 11.2 Å². The predicted molar refractivity (Wildman–Crippen MR) is 55.4 cm³/mol. The Morgan fingerprint density at radius 1 is 1.50 bits per heavy atom. The maximum Gasteiger partial charge on any atom is 0.374 e. The molecule has 0 aliphatic carbocycles. The molecule has 7 heteroatoms. The molecule has 0 spiro atoms. The third kappa shape index (κ3) is 2.68. The molecule has 0 aliphatic rings. The molecular formula is C9H5BrClF3O2. The fourth-order valence-corrected chi connectivity index (χ4v) is 1.51. The van der Waals surface area contributed by atoms with Gasteiger partial charge in [-0.2, -0.15) is 8.78 Å². The van der Waals surface area contributed by atoms with Gasteiger partial charge in [0.2, 0.25) is 0 Å². The van der Waals surface area contributed by atoms with Crippen molar-refractivity contribution in [3.05, 3.63) is 33.0 Å². The van der Waals surface area contributed by atoms with E-state index in [1.54, 1.807) is 0 Å². The standard InChI is InChI=1S/C9H5BrClF3O2/c10-5-2-1-4(7(12)6(5)11)3-9(13,14)8(15)16/h1-2H,3H2,(H,15,16). The van der Waals surface area contributed by atoms with Crippen molar-refractivity contribution in [2.24, 2.45) is 0 Å². The molecule has 0 unspecified atom stereocenters. The van der Waals surface area contributed by atoms with Crippen LogP contribution in [0.4, 0.5) is 13.2 Å². The lowest BCUT2D eigenvalue weighted by Crippen LogP contribution is -2.31. The van der Waals surface area contributed by atoms with Gasteiger partial charge in [-0.15, -0.1) is 0 Å². The summed E-state index contributed by atoms with van der Waals surface area (Å²) in [5.74, 6) is -7.36. The normalized spacial score (nSPS) is 11.6. The fraction of sp³-hybridized carbons (Fsp3) is 0.222. The van der Waals surface area contributed by atoms with E-state index in [0.717, 1.165) is 6.07 Å². The van der Waals surface area contributed by atoms with E-state index in [9.17, 15) is 18.0 Å². The highest BCUT2D eigenvalue weighted by Crippen LogP contribution is 2.30. The molecule has 0 radical (unpaired) electrons. The summed E-state index contributed by atoms with van der Waals surface area (Å²) in [6.45, 7) is 0. The highest BCUT2D eigenvalue weighted by atomic mass is 79.9. The summed E-state index contributed by atoms with van der Waals surface area (Å²) in [7, 11) is 0. The predicted octanol–water partition coefficient (Wildman–Crippen LogP) is 3.50. The van der Waals surface area contributed by atoms with E-state index in [-0.39, 0.29) is 9.50 Å². The van der Waals surface area contributed by atoms with Crippen LogP contribution in [0.1, 0.15) is 5.56 Å². The summed E-state index contributed by atoms with van der Waals surface area (Å²) in [6.07, 6.45) is -1.23. The summed E-state index contributed by atoms with van der Waals surface area (Å²) < 4.78 is 39.2. The Morgan fingerprint density at radius 3 is 2.56 bits per heavy atom. The van der Waals surface area contributed by atoms with Crippen LogP contribution in [-0.4, -0.2) is 17.0 Å². The summed E-state index contributed by atoms with van der Waals surface area (Å²) in [4.78, 5) is 10.2. The number of carboxylic acid groups (broad SMARTS) is 1. The number of halogens is 5. The Morgan fingerprint density at radius 2 is 2.06 bits per heavy atom. The van der Waals surface area contributed by atoms with E-state index in [1.165, 1.54) is 6.07 Å². The summed E-state index contributed by atoms with van der Waals surface area (Å²) in [5, 5.41) is 7.85. The molecule has 0 aliphatic heterocycles. The number of hydrogen-bond acceptors (Lipinski definition) is 1. The Hall–Kier alpha value is -0.750. The number of alkyl halides is 2. The highest BCUT2D eigenvalue weighted by Gasteiger charge is 2.39. The Kier molecular flexibility index (Phi) is 3.85. The summed E-state index contributed by atoms with van der Waals surface area (Å²) in [5.41, 5.74) is -0.444. The van der Waals surface area contributed by atoms with Crippen LogP contribution in [0, 0.1) is 5.82 Å². The van der Waals surface area contributed by atoms with Crippen LogP contribution >= 0.6 is 27.5 Å². The molecule has 16 heavy (non-hydrogen) atoms. The third-order valence-corrected chi connectivity index (χ3v) is 3.10. The van der Waals surface area contributed by atoms with Gasteiger partial charge in [0.25, 0.3) is 0 Å². The molecule has 1 aromatic rings. The minimum absolute atomic E-state index is 0.217. The van der Waals surface area contributed by atoms with Crippen molar-refractivity contribution in [1.82, 2.24) is 0 Å². The lowest BCUT2D eigenvalue weighted by atomic mass is 10.1. The number of hydrogen-bond donors (Lipinski definition) is 1. The molecule has 0 atom stereocenters. The first kappa shape index (κ1) is 13.3. The minimum atomic E-state index is -4.02. The Labute approximate surface area is 102 Å². The molecule has 88 valence electrons. The smallest absolute Gasteiger partial charge is 0.374 e. The van der Waals surface area contributed by atoms with Crippen molar-refractivity contribution >= 4 is 33.5 Å². The van der Waals surface area contributed by atoms with Crippen molar-refractivity contribution < 1.29 is 23.1 Å². The van der Waals surface area contributed by atoms with Gasteiger partial charge < -0.3 is 5.11 Å². The van der Waals surface area contributed by atoms with Crippen LogP contribution in [0.5, 0.6) is 0 Å². The highest BCUT2D eigenvalue weighted by molar-refractivity contribution is 9.10. The maximum atomic E-state index is 13.4. The van der Waals surface area contributed by atoms with Crippen LogP contribution in [0.3, 0.4) is 0 Å². The van der Waals surface area contributed by atoms with Crippen molar-refractivity contribution in [3.63, 3.8) is 0 Å². The minimum Gasteiger partial charge on any atom is -0.477 e. The first-order valence-corrected chi connectivity index (χ1v) is 5.16. The molecular weight excluding hydrogens is 312 g/mol. The van der Waals surface area contributed by atoms with Gasteiger partial charge in [-0.3, -0.25) is 0 Å². The summed E-state index contributed by atoms with van der Waals surface area (Å²) >= 11 is 8.39. The zero-order chi connectivity index (χ0) is 12.5. The molecule has 0 saturated heterocycles. The maximum absolute atomic E-state index is 13.4. The average molecular weight is 317 g/mol. The van der Waals surface area contributed by atoms with E-state index in [1.807, 2.05) is 0 Å². The Bertz CT molecular complexity index is 437. The molecule has 0 saturated carbocycles. The number of aliphatic carboxylic acids is 1. The van der Waals surface area contributed by atoms with Gasteiger partial charge in [0.1, 0.15) is 5.82 Å². The second-order valence-corrected chi connectivity index (χ2v) is 4.25.